The first-order valence-corrected chi connectivity index (χ1v) is 8.48. The van der Waals surface area contributed by atoms with Crippen LogP contribution in [0.5, 0.6) is 5.75 Å². The Morgan fingerprint density at radius 1 is 1.22 bits per heavy atom. The molecule has 0 radical (unpaired) electrons. The molecule has 0 bridgehead atoms. The van der Waals surface area contributed by atoms with Gasteiger partial charge in [-0.15, -0.1) is 0 Å². The van der Waals surface area contributed by atoms with Gasteiger partial charge in [-0.3, -0.25) is 0 Å². The molecular weight excluding hydrogens is 310 g/mol. The minimum atomic E-state index is 0.123. The van der Waals surface area contributed by atoms with E-state index in [1.54, 1.807) is 6.07 Å². The van der Waals surface area contributed by atoms with Gasteiger partial charge in [0.15, 0.2) is 0 Å². The van der Waals surface area contributed by atoms with Crippen LogP contribution in [0.25, 0.3) is 0 Å². The minimum Gasteiger partial charge on any atom is -0.506 e. The van der Waals surface area contributed by atoms with Crippen LogP contribution in [0.15, 0.2) is 36.4 Å². The minimum absolute atomic E-state index is 0.123. The molecule has 0 aromatic heterocycles. The molecule has 2 heterocycles. The fraction of sp³-hybridized carbons (Fsp3) is 0.368. The van der Waals surface area contributed by atoms with Crippen LogP contribution in [0.3, 0.4) is 0 Å². The zero-order chi connectivity index (χ0) is 16.0. The molecule has 4 heteroatoms. The van der Waals surface area contributed by atoms with E-state index in [0.717, 1.165) is 30.7 Å². The predicted octanol–water partition coefficient (Wildman–Crippen LogP) is 4.99. The van der Waals surface area contributed by atoms with Crippen molar-refractivity contribution in [2.45, 2.75) is 31.9 Å². The molecule has 2 aromatic rings. The van der Waals surface area contributed by atoms with E-state index in [-0.39, 0.29) is 17.9 Å². The molecule has 1 fully saturated rings. The number of rotatable bonds is 1. The van der Waals surface area contributed by atoms with E-state index in [2.05, 4.69) is 30.4 Å². The van der Waals surface area contributed by atoms with Gasteiger partial charge in [0.25, 0.3) is 0 Å². The topological polar surface area (TPSA) is 41.5 Å². The highest BCUT2D eigenvalue weighted by Gasteiger charge is 2.39. The van der Waals surface area contributed by atoms with E-state index >= 15 is 0 Å². The molecular formula is C19H20ClNO2. The molecule has 2 aliphatic heterocycles. The molecule has 0 aliphatic carbocycles. The molecule has 3 atom stereocenters. The summed E-state index contributed by atoms with van der Waals surface area (Å²) in [4.78, 5) is 0. The average molecular weight is 330 g/mol. The maximum Gasteiger partial charge on any atom is 0.134 e. The van der Waals surface area contributed by atoms with E-state index in [0.29, 0.717) is 10.9 Å². The SMILES string of the molecule is Cc1ccc2c(c1)C1OCCCC1C(c1ccc(O)c(Cl)c1)N2. The zero-order valence-corrected chi connectivity index (χ0v) is 13.8. The number of hydrogen-bond acceptors (Lipinski definition) is 3. The first-order chi connectivity index (χ1) is 11.1. The van der Waals surface area contributed by atoms with Gasteiger partial charge in [-0.2, -0.15) is 0 Å². The summed E-state index contributed by atoms with van der Waals surface area (Å²) in [6.45, 7) is 2.93. The number of phenolic OH excluding ortho intramolecular Hbond substituents is 1. The van der Waals surface area contributed by atoms with Crippen molar-refractivity contribution >= 4 is 17.3 Å². The van der Waals surface area contributed by atoms with Gasteiger partial charge in [0.05, 0.1) is 17.2 Å². The first kappa shape index (κ1) is 14.9. The average Bonchev–Trinajstić information content (AvgIpc) is 2.57. The molecule has 2 N–H and O–H groups in total. The molecule has 3 unspecified atom stereocenters. The lowest BCUT2D eigenvalue weighted by Crippen LogP contribution is -2.36. The molecule has 1 saturated heterocycles. The lowest BCUT2D eigenvalue weighted by molar-refractivity contribution is -0.0381. The number of hydrogen-bond donors (Lipinski definition) is 2. The molecule has 2 aliphatic rings. The Bertz CT molecular complexity index is 746. The molecule has 0 spiro atoms. The van der Waals surface area contributed by atoms with Crippen molar-refractivity contribution in [3.8, 4) is 5.75 Å². The van der Waals surface area contributed by atoms with E-state index in [1.807, 2.05) is 12.1 Å². The van der Waals surface area contributed by atoms with Crippen LogP contribution in [0, 0.1) is 12.8 Å². The van der Waals surface area contributed by atoms with Crippen molar-refractivity contribution in [3.63, 3.8) is 0 Å². The van der Waals surface area contributed by atoms with Crippen LogP contribution < -0.4 is 5.32 Å². The van der Waals surface area contributed by atoms with Crippen LogP contribution in [0.2, 0.25) is 5.02 Å². The monoisotopic (exact) mass is 329 g/mol. The summed E-state index contributed by atoms with van der Waals surface area (Å²) < 4.78 is 6.15. The Morgan fingerprint density at radius 2 is 2.09 bits per heavy atom. The van der Waals surface area contributed by atoms with Crippen molar-refractivity contribution in [1.29, 1.82) is 0 Å². The van der Waals surface area contributed by atoms with Crippen molar-refractivity contribution in [3.05, 3.63) is 58.1 Å². The second-order valence-electron chi connectivity index (χ2n) is 6.52. The van der Waals surface area contributed by atoms with Crippen LogP contribution in [0.1, 0.15) is 41.7 Å². The van der Waals surface area contributed by atoms with E-state index in [9.17, 15) is 5.11 Å². The van der Waals surface area contributed by atoms with Crippen molar-refractivity contribution < 1.29 is 9.84 Å². The molecule has 3 nitrogen and oxygen atoms in total. The zero-order valence-electron chi connectivity index (χ0n) is 13.1. The maximum atomic E-state index is 9.69. The Balaban J connectivity index is 1.78. The lowest BCUT2D eigenvalue weighted by Gasteiger charge is -2.43. The summed E-state index contributed by atoms with van der Waals surface area (Å²) in [6.07, 6.45) is 2.32. The summed E-state index contributed by atoms with van der Waals surface area (Å²) in [5, 5.41) is 13.7. The van der Waals surface area contributed by atoms with Gasteiger partial charge in [-0.1, -0.05) is 35.4 Å². The van der Waals surface area contributed by atoms with Crippen molar-refractivity contribution in [2.75, 3.05) is 11.9 Å². The van der Waals surface area contributed by atoms with Gasteiger partial charge in [0.2, 0.25) is 0 Å². The third-order valence-electron chi connectivity index (χ3n) is 4.95. The Kier molecular flexibility index (Phi) is 3.70. The highest BCUT2D eigenvalue weighted by atomic mass is 35.5. The van der Waals surface area contributed by atoms with Gasteiger partial charge in [0, 0.05) is 23.8 Å². The number of fused-ring (bicyclic) bond motifs is 3. The van der Waals surface area contributed by atoms with Gasteiger partial charge < -0.3 is 15.2 Å². The Morgan fingerprint density at radius 3 is 2.91 bits per heavy atom. The first-order valence-electron chi connectivity index (χ1n) is 8.10. The van der Waals surface area contributed by atoms with Crippen molar-refractivity contribution in [1.82, 2.24) is 0 Å². The third kappa shape index (κ3) is 2.58. The fourth-order valence-electron chi connectivity index (χ4n) is 3.84. The Labute approximate surface area is 141 Å². The summed E-state index contributed by atoms with van der Waals surface area (Å²) in [7, 11) is 0. The number of ether oxygens (including phenoxy) is 1. The molecule has 0 saturated carbocycles. The smallest absolute Gasteiger partial charge is 0.134 e. The highest BCUT2D eigenvalue weighted by molar-refractivity contribution is 6.32. The Hall–Kier alpha value is -1.71. The maximum absolute atomic E-state index is 9.69. The number of nitrogens with one attached hydrogen (secondary N) is 1. The highest BCUT2D eigenvalue weighted by Crippen LogP contribution is 2.49. The van der Waals surface area contributed by atoms with E-state index < -0.39 is 0 Å². The predicted molar refractivity (Wildman–Crippen MR) is 92.1 cm³/mol. The third-order valence-corrected chi connectivity index (χ3v) is 5.25. The normalized spacial score (nSPS) is 26.1. The number of phenols is 1. The van der Waals surface area contributed by atoms with E-state index in [4.69, 9.17) is 16.3 Å². The summed E-state index contributed by atoms with van der Waals surface area (Å²) in [5.74, 6) is 0.498. The quantitative estimate of drug-likeness (QED) is 0.774. The summed E-state index contributed by atoms with van der Waals surface area (Å²) in [5.41, 5.74) is 4.74. The fourth-order valence-corrected chi connectivity index (χ4v) is 4.03. The molecule has 120 valence electrons. The number of benzene rings is 2. The second kappa shape index (κ2) is 5.73. The lowest BCUT2D eigenvalue weighted by atomic mass is 9.77. The van der Waals surface area contributed by atoms with Gasteiger partial charge >= 0.3 is 0 Å². The summed E-state index contributed by atoms with van der Waals surface area (Å²) >= 11 is 6.12. The van der Waals surface area contributed by atoms with Crippen LogP contribution >= 0.6 is 11.6 Å². The molecule has 2 aromatic carbocycles. The van der Waals surface area contributed by atoms with E-state index in [1.165, 1.54) is 11.1 Å². The number of aromatic hydroxyl groups is 1. The largest absolute Gasteiger partial charge is 0.506 e. The summed E-state index contributed by atoms with van der Waals surface area (Å²) in [6, 6.07) is 12.1. The van der Waals surface area contributed by atoms with Gasteiger partial charge in [0.1, 0.15) is 5.75 Å². The van der Waals surface area contributed by atoms with Crippen LogP contribution in [-0.4, -0.2) is 11.7 Å². The standard InChI is InChI=1S/C19H20ClNO2/c1-11-4-6-16-14(9-11)19-13(3-2-8-23-19)18(21-16)12-5-7-17(22)15(20)10-12/h4-7,9-10,13,18-19,21-22H,2-3,8H2,1H3. The van der Waals surface area contributed by atoms with Gasteiger partial charge in [-0.25, -0.2) is 0 Å². The van der Waals surface area contributed by atoms with Crippen LogP contribution in [-0.2, 0) is 4.74 Å². The molecule has 0 amide bonds. The second-order valence-corrected chi connectivity index (χ2v) is 6.93. The molecule has 23 heavy (non-hydrogen) atoms. The van der Waals surface area contributed by atoms with Crippen molar-refractivity contribution in [2.24, 2.45) is 5.92 Å². The number of anilines is 1. The number of aryl methyl sites for hydroxylation is 1. The molecule has 4 rings (SSSR count). The van der Waals surface area contributed by atoms with Gasteiger partial charge in [-0.05, 0) is 43.5 Å². The van der Waals surface area contributed by atoms with Crippen LogP contribution in [0.4, 0.5) is 5.69 Å². The number of halogens is 1.